The molecule has 1 aliphatic heterocycles. The van der Waals surface area contributed by atoms with Crippen molar-refractivity contribution in [3.63, 3.8) is 0 Å². The van der Waals surface area contributed by atoms with E-state index in [1.807, 2.05) is 24.3 Å². The molecule has 1 N–H and O–H groups in total. The molecule has 1 aliphatic rings. The van der Waals surface area contributed by atoms with Gasteiger partial charge in [-0.25, -0.2) is 4.79 Å². The number of aromatic nitrogens is 4. The lowest BCUT2D eigenvalue weighted by molar-refractivity contribution is 0.249. The number of H-pyrrole nitrogens is 1. The molecule has 142 valence electrons. The van der Waals surface area contributed by atoms with E-state index >= 15 is 0 Å². The van der Waals surface area contributed by atoms with E-state index in [1.54, 1.807) is 7.05 Å². The molecule has 1 aromatic carbocycles. The van der Waals surface area contributed by atoms with Gasteiger partial charge in [0.2, 0.25) is 5.95 Å². The van der Waals surface area contributed by atoms with Crippen molar-refractivity contribution >= 4 is 28.7 Å². The molecule has 9 heteroatoms. The standard InChI is InChI=1S/C18H21ClN6O2/c1-22-15-14(16(26)23(2)18(22)27)20-17(21-15)25-9-7-24(8-10-25)11-12-5-3-4-6-13(12)19/h3-6H,7-11H2,1-2H3,(H,20,21). The lowest BCUT2D eigenvalue weighted by Gasteiger charge is -2.34. The van der Waals surface area contributed by atoms with Crippen LogP contribution in [0.25, 0.3) is 11.2 Å². The van der Waals surface area contributed by atoms with Gasteiger partial charge >= 0.3 is 5.69 Å². The van der Waals surface area contributed by atoms with Crippen LogP contribution in [0.1, 0.15) is 5.56 Å². The van der Waals surface area contributed by atoms with E-state index in [9.17, 15) is 9.59 Å². The van der Waals surface area contributed by atoms with Crippen molar-refractivity contribution < 1.29 is 0 Å². The summed E-state index contributed by atoms with van der Waals surface area (Å²) < 4.78 is 2.48. The van der Waals surface area contributed by atoms with Crippen LogP contribution in [0.3, 0.4) is 0 Å². The number of aromatic amines is 1. The minimum atomic E-state index is -0.380. The first-order valence-electron chi connectivity index (χ1n) is 8.82. The molecular formula is C18H21ClN6O2. The third-order valence-corrected chi connectivity index (χ3v) is 5.47. The molecule has 4 rings (SSSR count). The maximum atomic E-state index is 12.3. The summed E-state index contributed by atoms with van der Waals surface area (Å²) in [5.74, 6) is 0.626. The van der Waals surface area contributed by atoms with Crippen LogP contribution in [0.5, 0.6) is 0 Å². The summed E-state index contributed by atoms with van der Waals surface area (Å²) in [6, 6.07) is 7.89. The van der Waals surface area contributed by atoms with E-state index < -0.39 is 0 Å². The number of benzene rings is 1. The van der Waals surface area contributed by atoms with Crippen molar-refractivity contribution in [1.82, 2.24) is 24.0 Å². The number of nitrogens with one attached hydrogen (secondary N) is 1. The first-order valence-corrected chi connectivity index (χ1v) is 9.20. The van der Waals surface area contributed by atoms with E-state index in [4.69, 9.17) is 11.6 Å². The molecule has 0 spiro atoms. The number of nitrogens with zero attached hydrogens (tertiary/aromatic N) is 5. The average molecular weight is 389 g/mol. The van der Waals surface area contributed by atoms with E-state index in [0.29, 0.717) is 17.1 Å². The molecule has 3 aromatic rings. The fourth-order valence-electron chi connectivity index (χ4n) is 3.45. The molecule has 0 aliphatic carbocycles. The number of piperazine rings is 1. The topological polar surface area (TPSA) is 79.2 Å². The van der Waals surface area contributed by atoms with Crippen molar-refractivity contribution in [2.75, 3.05) is 31.1 Å². The van der Waals surface area contributed by atoms with Crippen molar-refractivity contribution in [3.05, 3.63) is 55.7 Å². The van der Waals surface area contributed by atoms with Gasteiger partial charge in [-0.1, -0.05) is 29.8 Å². The van der Waals surface area contributed by atoms with Gasteiger partial charge in [0, 0.05) is 51.8 Å². The Morgan fingerprint density at radius 3 is 2.48 bits per heavy atom. The van der Waals surface area contributed by atoms with Crippen LogP contribution in [0.4, 0.5) is 5.95 Å². The first-order chi connectivity index (χ1) is 13.0. The molecule has 27 heavy (non-hydrogen) atoms. The molecular weight excluding hydrogens is 368 g/mol. The number of halogens is 1. The van der Waals surface area contributed by atoms with Gasteiger partial charge in [-0.2, -0.15) is 4.98 Å². The van der Waals surface area contributed by atoms with Crippen LogP contribution >= 0.6 is 11.6 Å². The third-order valence-electron chi connectivity index (χ3n) is 5.11. The second kappa shape index (κ2) is 6.86. The third kappa shape index (κ3) is 3.15. The minimum absolute atomic E-state index is 0.355. The van der Waals surface area contributed by atoms with Crippen LogP contribution in [0.15, 0.2) is 33.9 Å². The monoisotopic (exact) mass is 388 g/mol. The SMILES string of the molecule is Cn1c(=O)c2[nH]c(N3CCN(Cc4ccccc4Cl)CC3)nc2n(C)c1=O. The number of imidazole rings is 1. The maximum Gasteiger partial charge on any atom is 0.332 e. The Bertz CT molecular complexity index is 1110. The van der Waals surface area contributed by atoms with Crippen molar-refractivity contribution in [1.29, 1.82) is 0 Å². The highest BCUT2D eigenvalue weighted by molar-refractivity contribution is 6.31. The number of aryl methyl sites for hydroxylation is 1. The van der Waals surface area contributed by atoms with Gasteiger partial charge in [0.15, 0.2) is 11.2 Å². The Morgan fingerprint density at radius 1 is 1.07 bits per heavy atom. The maximum absolute atomic E-state index is 12.3. The Labute approximate surface area is 160 Å². The molecule has 0 saturated carbocycles. The van der Waals surface area contributed by atoms with Crippen molar-refractivity contribution in [3.8, 4) is 0 Å². The second-order valence-corrected chi connectivity index (χ2v) is 7.23. The van der Waals surface area contributed by atoms with Gasteiger partial charge in [-0.05, 0) is 11.6 Å². The van der Waals surface area contributed by atoms with Crippen LogP contribution in [-0.2, 0) is 20.6 Å². The summed E-state index contributed by atoms with van der Waals surface area (Å²) in [5, 5.41) is 0.786. The van der Waals surface area contributed by atoms with E-state index in [-0.39, 0.29) is 11.2 Å². The van der Waals surface area contributed by atoms with Crippen molar-refractivity contribution in [2.45, 2.75) is 6.54 Å². The smallest absolute Gasteiger partial charge is 0.332 e. The van der Waals surface area contributed by atoms with Gasteiger partial charge in [0.25, 0.3) is 5.56 Å². The number of anilines is 1. The van der Waals surface area contributed by atoms with Gasteiger partial charge in [-0.15, -0.1) is 0 Å². The zero-order valence-electron chi connectivity index (χ0n) is 15.3. The Hall–Kier alpha value is -2.58. The van der Waals surface area contributed by atoms with E-state index in [1.165, 1.54) is 11.6 Å². The molecule has 1 fully saturated rings. The van der Waals surface area contributed by atoms with Crippen molar-refractivity contribution in [2.24, 2.45) is 14.1 Å². The lowest BCUT2D eigenvalue weighted by Crippen LogP contribution is -2.46. The van der Waals surface area contributed by atoms with Crippen LogP contribution < -0.4 is 16.1 Å². The molecule has 0 radical (unpaired) electrons. The van der Waals surface area contributed by atoms with Gasteiger partial charge in [-0.3, -0.25) is 18.8 Å². The number of hydrogen-bond donors (Lipinski definition) is 1. The predicted octanol–water partition coefficient (Wildman–Crippen LogP) is 0.936. The van der Waals surface area contributed by atoms with Gasteiger partial charge < -0.3 is 9.88 Å². The molecule has 0 amide bonds. The largest absolute Gasteiger partial charge is 0.340 e. The Kier molecular flexibility index (Phi) is 4.53. The van der Waals surface area contributed by atoms with E-state index in [0.717, 1.165) is 47.9 Å². The zero-order chi connectivity index (χ0) is 19.1. The van der Waals surface area contributed by atoms with Gasteiger partial charge in [0.05, 0.1) is 0 Å². The summed E-state index contributed by atoms with van der Waals surface area (Å²) in [6.45, 7) is 4.08. The van der Waals surface area contributed by atoms with Crippen LogP contribution in [0.2, 0.25) is 5.02 Å². The summed E-state index contributed by atoms with van der Waals surface area (Å²) in [5.41, 5.74) is 1.12. The predicted molar refractivity (Wildman–Crippen MR) is 106 cm³/mol. The summed E-state index contributed by atoms with van der Waals surface area (Å²) >= 11 is 6.26. The van der Waals surface area contributed by atoms with E-state index in [2.05, 4.69) is 19.8 Å². The van der Waals surface area contributed by atoms with Crippen LogP contribution in [0, 0.1) is 0 Å². The summed E-state index contributed by atoms with van der Waals surface area (Å²) in [4.78, 5) is 36.4. The summed E-state index contributed by atoms with van der Waals surface area (Å²) in [7, 11) is 3.09. The van der Waals surface area contributed by atoms with Gasteiger partial charge in [0.1, 0.15) is 0 Å². The first kappa shape index (κ1) is 17.8. The second-order valence-electron chi connectivity index (χ2n) is 6.82. The van der Waals surface area contributed by atoms with Crippen LogP contribution in [-0.4, -0.2) is 50.2 Å². The molecule has 0 unspecified atom stereocenters. The molecule has 0 atom stereocenters. The Balaban J connectivity index is 1.52. The fraction of sp³-hybridized carbons (Fsp3) is 0.389. The average Bonchev–Trinajstić information content (AvgIpc) is 3.13. The minimum Gasteiger partial charge on any atom is -0.340 e. The summed E-state index contributed by atoms with van der Waals surface area (Å²) in [6.07, 6.45) is 0. The molecule has 1 saturated heterocycles. The quantitative estimate of drug-likeness (QED) is 0.722. The molecule has 2 aromatic heterocycles. The highest BCUT2D eigenvalue weighted by Crippen LogP contribution is 2.20. The highest BCUT2D eigenvalue weighted by atomic mass is 35.5. The Morgan fingerprint density at radius 2 is 1.78 bits per heavy atom. The molecule has 0 bridgehead atoms. The number of fused-ring (bicyclic) bond motifs is 1. The molecule has 8 nitrogen and oxygen atoms in total. The number of rotatable bonds is 3. The fourth-order valence-corrected chi connectivity index (χ4v) is 3.64. The number of hydrogen-bond acceptors (Lipinski definition) is 5. The lowest BCUT2D eigenvalue weighted by atomic mass is 10.2. The molecule has 3 heterocycles. The normalized spacial score (nSPS) is 15.6. The zero-order valence-corrected chi connectivity index (χ0v) is 16.0. The highest BCUT2D eigenvalue weighted by Gasteiger charge is 2.22.